The van der Waals surface area contributed by atoms with Gasteiger partial charge in [0.05, 0.1) is 24.8 Å². The first kappa shape index (κ1) is 22.6. The number of rotatable bonds is 7. The van der Waals surface area contributed by atoms with Crippen molar-refractivity contribution < 1.29 is 28.2 Å². The van der Waals surface area contributed by atoms with Gasteiger partial charge in [-0.2, -0.15) is 13.9 Å². The fourth-order valence-corrected chi connectivity index (χ4v) is 2.52. The van der Waals surface area contributed by atoms with Gasteiger partial charge < -0.3 is 19.9 Å². The number of amides is 1. The number of alkyl halides is 2. The number of aromatic hydroxyl groups is 1. The number of aromatic amines is 1. The molecule has 3 aromatic rings. The average Bonchev–Trinajstić information content (AvgIpc) is 3.22. The van der Waals surface area contributed by atoms with Crippen LogP contribution in [0.5, 0.6) is 17.2 Å². The van der Waals surface area contributed by atoms with Gasteiger partial charge in [0.2, 0.25) is 0 Å². The number of ether oxygens (including phenoxy) is 2. The van der Waals surface area contributed by atoms with E-state index < -0.39 is 12.5 Å². The Kier molecular flexibility index (Phi) is 8.09. The first-order chi connectivity index (χ1) is 14.5. The fourth-order valence-electron chi connectivity index (χ4n) is 2.52. The van der Waals surface area contributed by atoms with Crippen LogP contribution in [0.15, 0.2) is 42.5 Å². The first-order valence-corrected chi connectivity index (χ1v) is 9.09. The summed E-state index contributed by atoms with van der Waals surface area (Å²) >= 11 is 0. The second-order valence-electron chi connectivity index (χ2n) is 5.52. The number of H-pyrrole nitrogens is 1. The van der Waals surface area contributed by atoms with Crippen LogP contribution in [-0.2, 0) is 6.54 Å². The molecule has 30 heavy (non-hydrogen) atoms. The van der Waals surface area contributed by atoms with E-state index in [4.69, 9.17) is 4.74 Å². The third-order valence-electron chi connectivity index (χ3n) is 3.74. The number of hydrogen-bond acceptors (Lipinski definition) is 6. The number of methoxy groups -OCH3 is 1. The summed E-state index contributed by atoms with van der Waals surface area (Å²) in [6.07, 6.45) is 0. The molecule has 2 aromatic carbocycles. The summed E-state index contributed by atoms with van der Waals surface area (Å²) in [7, 11) is 1.41. The Morgan fingerprint density at radius 2 is 1.93 bits per heavy atom. The van der Waals surface area contributed by atoms with Gasteiger partial charge in [-0.25, -0.2) is 4.98 Å². The minimum atomic E-state index is -3.04. The van der Waals surface area contributed by atoms with Crippen LogP contribution in [0.4, 0.5) is 8.78 Å². The number of halogens is 2. The number of carbonyl (C=O) groups excluding carboxylic acids is 1. The van der Waals surface area contributed by atoms with Gasteiger partial charge in [0.15, 0.2) is 17.3 Å². The second-order valence-corrected chi connectivity index (χ2v) is 5.52. The van der Waals surface area contributed by atoms with Gasteiger partial charge in [0.1, 0.15) is 11.6 Å². The zero-order valence-corrected chi connectivity index (χ0v) is 16.6. The van der Waals surface area contributed by atoms with Crippen LogP contribution in [0.1, 0.15) is 30.0 Å². The highest BCUT2D eigenvalue weighted by molar-refractivity contribution is 5.96. The van der Waals surface area contributed by atoms with Gasteiger partial charge in [-0.3, -0.25) is 9.89 Å². The minimum absolute atomic E-state index is 0.0304. The zero-order valence-electron chi connectivity index (χ0n) is 16.6. The normalized spacial score (nSPS) is 10.2. The maximum atomic E-state index is 12.5. The highest BCUT2D eigenvalue weighted by atomic mass is 19.3. The molecule has 3 rings (SSSR count). The summed E-state index contributed by atoms with van der Waals surface area (Å²) in [5.74, 6) is -0.0909. The van der Waals surface area contributed by atoms with Crippen molar-refractivity contribution in [1.29, 1.82) is 0 Å². The Balaban J connectivity index is 0.00000155. The van der Waals surface area contributed by atoms with Crippen LogP contribution in [0.25, 0.3) is 11.4 Å². The van der Waals surface area contributed by atoms with Crippen LogP contribution in [0.3, 0.4) is 0 Å². The predicted molar refractivity (Wildman–Crippen MR) is 106 cm³/mol. The molecule has 0 saturated carbocycles. The zero-order chi connectivity index (χ0) is 22.1. The quantitative estimate of drug-likeness (QED) is 0.537. The molecule has 0 fully saturated rings. The molecule has 1 heterocycles. The number of nitrogens with zero attached hydrogens (tertiary/aromatic N) is 2. The largest absolute Gasteiger partial charge is 0.504 e. The molecule has 0 saturated heterocycles. The number of carbonyl (C=O) groups is 1. The molecule has 0 spiro atoms. The van der Waals surface area contributed by atoms with E-state index in [1.54, 1.807) is 12.1 Å². The lowest BCUT2D eigenvalue weighted by atomic mass is 10.2. The Labute approximate surface area is 171 Å². The van der Waals surface area contributed by atoms with E-state index >= 15 is 0 Å². The Morgan fingerprint density at radius 3 is 2.63 bits per heavy atom. The van der Waals surface area contributed by atoms with Crippen LogP contribution < -0.4 is 14.8 Å². The van der Waals surface area contributed by atoms with Crippen LogP contribution in [-0.4, -0.2) is 39.9 Å². The van der Waals surface area contributed by atoms with Crippen LogP contribution >= 0.6 is 0 Å². The minimum Gasteiger partial charge on any atom is -0.504 e. The summed E-state index contributed by atoms with van der Waals surface area (Å²) in [5.41, 5.74) is 0.434. The number of phenolic OH excluding ortho intramolecular Hbond substituents is 1. The second kappa shape index (κ2) is 10.7. The number of benzene rings is 2. The highest BCUT2D eigenvalue weighted by Crippen LogP contribution is 2.35. The lowest BCUT2D eigenvalue weighted by Gasteiger charge is -2.10. The lowest BCUT2D eigenvalue weighted by molar-refractivity contribution is -0.0501. The van der Waals surface area contributed by atoms with Crippen molar-refractivity contribution in [2.24, 2.45) is 0 Å². The van der Waals surface area contributed by atoms with E-state index in [1.165, 1.54) is 37.4 Å². The molecule has 1 aromatic heterocycles. The number of nitrogens with one attached hydrogen (secondary N) is 2. The monoisotopic (exact) mass is 420 g/mol. The van der Waals surface area contributed by atoms with Crippen molar-refractivity contribution in [3.8, 4) is 28.6 Å². The summed E-state index contributed by atoms with van der Waals surface area (Å²) in [5, 5.41) is 19.1. The van der Waals surface area contributed by atoms with Crippen LogP contribution in [0.2, 0.25) is 0 Å². The highest BCUT2D eigenvalue weighted by Gasteiger charge is 2.17. The van der Waals surface area contributed by atoms with E-state index in [0.29, 0.717) is 11.4 Å². The first-order valence-electron chi connectivity index (χ1n) is 9.09. The summed E-state index contributed by atoms with van der Waals surface area (Å²) < 4.78 is 34.4. The van der Waals surface area contributed by atoms with Crippen molar-refractivity contribution >= 4 is 5.91 Å². The van der Waals surface area contributed by atoms with Crippen molar-refractivity contribution in [1.82, 2.24) is 20.5 Å². The number of aromatic nitrogens is 3. The molecule has 0 radical (unpaired) electrons. The smallest absolute Gasteiger partial charge is 0.387 e. The number of phenols is 1. The molecule has 0 bridgehead atoms. The Morgan fingerprint density at radius 1 is 1.20 bits per heavy atom. The third kappa shape index (κ3) is 5.43. The van der Waals surface area contributed by atoms with Gasteiger partial charge in [0, 0.05) is 0 Å². The third-order valence-corrected chi connectivity index (χ3v) is 3.74. The van der Waals surface area contributed by atoms with Crippen molar-refractivity contribution in [3.05, 3.63) is 53.9 Å². The predicted octanol–water partition coefficient (Wildman–Crippen LogP) is 3.74. The SMILES string of the molecule is CC.COc1c(O)cccc1-c1n[nH]c(CNC(=O)c2ccccc2OC(F)F)n1. The molecule has 1 amide bonds. The lowest BCUT2D eigenvalue weighted by Crippen LogP contribution is -2.24. The molecule has 0 aliphatic rings. The van der Waals surface area contributed by atoms with E-state index in [0.717, 1.165) is 0 Å². The van der Waals surface area contributed by atoms with E-state index in [-0.39, 0.29) is 35.2 Å². The van der Waals surface area contributed by atoms with E-state index in [2.05, 4.69) is 25.2 Å². The van der Waals surface area contributed by atoms with Gasteiger partial charge in [-0.15, -0.1) is 0 Å². The molecule has 10 heteroatoms. The molecule has 0 aliphatic carbocycles. The Bertz CT molecular complexity index is 979. The van der Waals surface area contributed by atoms with Crippen molar-refractivity contribution in [3.63, 3.8) is 0 Å². The maximum Gasteiger partial charge on any atom is 0.387 e. The molecule has 0 unspecified atom stereocenters. The molecule has 0 atom stereocenters. The molecule has 8 nitrogen and oxygen atoms in total. The number of para-hydroxylation sites is 2. The number of hydrogen-bond donors (Lipinski definition) is 3. The van der Waals surface area contributed by atoms with Gasteiger partial charge in [-0.1, -0.05) is 32.0 Å². The maximum absolute atomic E-state index is 12.5. The summed E-state index contributed by atoms with van der Waals surface area (Å²) in [6, 6.07) is 10.4. The molecular formula is C20H22F2N4O4. The molecular weight excluding hydrogens is 398 g/mol. The van der Waals surface area contributed by atoms with Gasteiger partial charge in [0.25, 0.3) is 5.91 Å². The fraction of sp³-hybridized carbons (Fsp3) is 0.250. The molecule has 0 aliphatic heterocycles. The summed E-state index contributed by atoms with van der Waals surface area (Å²) in [4.78, 5) is 16.5. The van der Waals surface area contributed by atoms with Gasteiger partial charge in [-0.05, 0) is 24.3 Å². The van der Waals surface area contributed by atoms with Gasteiger partial charge >= 0.3 is 6.61 Å². The Hall–Kier alpha value is -3.69. The summed E-state index contributed by atoms with van der Waals surface area (Å²) in [6.45, 7) is 0.929. The molecule has 3 N–H and O–H groups in total. The van der Waals surface area contributed by atoms with Crippen molar-refractivity contribution in [2.45, 2.75) is 27.0 Å². The van der Waals surface area contributed by atoms with E-state index in [1.807, 2.05) is 13.8 Å². The standard InChI is InChI=1S/C18H16F2N4O4.C2H6/c1-27-15-11(6-4-7-12(15)25)16-22-14(23-24-16)9-21-17(26)10-5-2-3-8-13(10)28-18(19)20;1-2/h2-8,18,25H,9H2,1H3,(H,21,26)(H,22,23,24);1-2H3. The topological polar surface area (TPSA) is 109 Å². The average molecular weight is 420 g/mol. The molecule has 160 valence electrons. The van der Waals surface area contributed by atoms with E-state index in [9.17, 15) is 18.7 Å². The van der Waals surface area contributed by atoms with Crippen molar-refractivity contribution in [2.75, 3.05) is 7.11 Å². The van der Waals surface area contributed by atoms with Crippen LogP contribution in [0, 0.1) is 0 Å².